The van der Waals surface area contributed by atoms with Gasteiger partial charge >= 0.3 is 6.18 Å². The van der Waals surface area contributed by atoms with Gasteiger partial charge in [-0.05, 0) is 43.0 Å². The number of ether oxygens (including phenoxy) is 1. The van der Waals surface area contributed by atoms with Crippen molar-refractivity contribution in [1.29, 1.82) is 0 Å². The highest BCUT2D eigenvalue weighted by atomic mass is 19.4. The highest BCUT2D eigenvalue weighted by Crippen LogP contribution is 2.30. The molecule has 238 valence electrons. The molecule has 4 aromatic rings. The van der Waals surface area contributed by atoms with E-state index in [4.69, 9.17) is 15.3 Å². The van der Waals surface area contributed by atoms with Crippen molar-refractivity contribution in [2.45, 2.75) is 44.1 Å². The SMILES string of the molecule is COCCCC/C(=N\OCCN)c1ccc(C(F)(F)F)cc1.OC(Cn1cncn1)(Cn1cncn1)c1ccc(F)cc1F. The maximum atomic E-state index is 14.1. The Morgan fingerprint density at radius 2 is 1.57 bits per heavy atom. The van der Waals surface area contributed by atoms with Crippen LogP contribution in [-0.2, 0) is 34.4 Å². The number of hydrogen-bond donors (Lipinski definition) is 2. The first-order valence-electron chi connectivity index (χ1n) is 13.4. The fourth-order valence-electron chi connectivity index (χ4n) is 4.06. The molecule has 11 nitrogen and oxygen atoms in total. The molecular weight excluding hydrogens is 591 g/mol. The zero-order chi connectivity index (χ0) is 32.0. The summed E-state index contributed by atoms with van der Waals surface area (Å²) in [5.74, 6) is -1.56. The Bertz CT molecular complexity index is 1380. The summed E-state index contributed by atoms with van der Waals surface area (Å²) in [6.45, 7) is 1.07. The third-order valence-corrected chi connectivity index (χ3v) is 6.15. The Hall–Kier alpha value is -4.28. The summed E-state index contributed by atoms with van der Waals surface area (Å²) < 4.78 is 72.6. The Balaban J connectivity index is 0.000000240. The Kier molecular flexibility index (Phi) is 12.9. The molecule has 0 aliphatic heterocycles. The molecule has 0 saturated heterocycles. The molecule has 2 aromatic carbocycles. The predicted octanol–water partition coefficient (Wildman–Crippen LogP) is 3.94. The molecule has 2 aromatic heterocycles. The average molecular weight is 625 g/mol. The van der Waals surface area contributed by atoms with Crippen molar-refractivity contribution in [3.63, 3.8) is 0 Å². The smallest absolute Gasteiger partial charge is 0.394 e. The Morgan fingerprint density at radius 3 is 2.07 bits per heavy atom. The highest BCUT2D eigenvalue weighted by Gasteiger charge is 2.34. The Morgan fingerprint density at radius 1 is 0.932 bits per heavy atom. The normalized spacial score (nSPS) is 12.1. The van der Waals surface area contributed by atoms with Crippen LogP contribution in [-0.4, -0.2) is 67.2 Å². The number of oxime groups is 1. The van der Waals surface area contributed by atoms with E-state index < -0.39 is 29.0 Å². The molecule has 0 fully saturated rings. The van der Waals surface area contributed by atoms with Crippen LogP contribution in [0.2, 0.25) is 0 Å². The van der Waals surface area contributed by atoms with Crippen LogP contribution in [0.15, 0.2) is 72.9 Å². The van der Waals surface area contributed by atoms with E-state index in [0.717, 1.165) is 37.1 Å². The van der Waals surface area contributed by atoms with Crippen LogP contribution in [0.4, 0.5) is 22.0 Å². The second kappa shape index (κ2) is 16.5. The lowest BCUT2D eigenvalue weighted by Crippen LogP contribution is -2.37. The van der Waals surface area contributed by atoms with Gasteiger partial charge < -0.3 is 20.4 Å². The van der Waals surface area contributed by atoms with E-state index in [0.29, 0.717) is 30.8 Å². The molecule has 0 aliphatic rings. The van der Waals surface area contributed by atoms with Crippen LogP contribution >= 0.6 is 0 Å². The van der Waals surface area contributed by atoms with Crippen molar-refractivity contribution < 1.29 is 36.6 Å². The molecule has 16 heteroatoms. The van der Waals surface area contributed by atoms with E-state index in [1.54, 1.807) is 7.11 Å². The molecule has 0 amide bonds. The van der Waals surface area contributed by atoms with Gasteiger partial charge in [-0.1, -0.05) is 23.4 Å². The summed E-state index contributed by atoms with van der Waals surface area (Å²) >= 11 is 0. The average Bonchev–Trinajstić information content (AvgIpc) is 3.69. The number of nitrogens with two attached hydrogens (primary N) is 1. The standard InChI is InChI=1S/C15H21F3N2O2.C13H12F2N6O/c1-21-10-3-2-4-14(20-22-11-9-19)12-5-7-13(8-6-12)15(16,17)18;14-10-1-2-11(12(15)3-10)13(22,4-20-8-16-6-18-20)5-21-9-17-7-19-21/h5-8H,2-4,9-11,19H2,1H3;1-3,6-9,22H,4-5H2/b20-14+;. The second-order valence-electron chi connectivity index (χ2n) is 9.53. The van der Waals surface area contributed by atoms with Crippen LogP contribution in [0.3, 0.4) is 0 Å². The minimum Gasteiger partial charge on any atom is -0.394 e. The lowest BCUT2D eigenvalue weighted by Gasteiger charge is -2.28. The number of rotatable bonds is 14. The number of methoxy groups -OCH3 is 1. The quantitative estimate of drug-likeness (QED) is 0.0932. The van der Waals surface area contributed by atoms with Crippen LogP contribution < -0.4 is 5.73 Å². The van der Waals surface area contributed by atoms with E-state index in [2.05, 4.69) is 25.3 Å². The van der Waals surface area contributed by atoms with Crippen molar-refractivity contribution in [2.75, 3.05) is 26.9 Å². The first-order valence-corrected chi connectivity index (χ1v) is 13.4. The van der Waals surface area contributed by atoms with Gasteiger partial charge in [-0.15, -0.1) is 0 Å². The molecule has 0 spiro atoms. The first-order chi connectivity index (χ1) is 21.1. The lowest BCUT2D eigenvalue weighted by atomic mass is 9.93. The molecule has 44 heavy (non-hydrogen) atoms. The number of nitrogens with zero attached hydrogens (tertiary/aromatic N) is 7. The molecular formula is C28H33F5N8O3. The molecule has 3 N–H and O–H groups in total. The Labute approximate surface area is 250 Å². The van der Waals surface area contributed by atoms with E-state index in [-0.39, 0.29) is 25.3 Å². The predicted molar refractivity (Wildman–Crippen MR) is 149 cm³/mol. The number of halogens is 5. The van der Waals surface area contributed by atoms with Gasteiger partial charge in [-0.3, -0.25) is 0 Å². The van der Waals surface area contributed by atoms with E-state index in [1.807, 2.05) is 0 Å². The molecule has 4 rings (SSSR count). The number of aromatic nitrogens is 6. The maximum absolute atomic E-state index is 14.1. The van der Waals surface area contributed by atoms with Crippen LogP contribution in [0.5, 0.6) is 0 Å². The lowest BCUT2D eigenvalue weighted by molar-refractivity contribution is -0.137. The summed E-state index contributed by atoms with van der Waals surface area (Å²) in [6.07, 6.45) is 3.30. The van der Waals surface area contributed by atoms with Crippen LogP contribution in [0, 0.1) is 11.6 Å². The van der Waals surface area contributed by atoms with Crippen LogP contribution in [0.25, 0.3) is 0 Å². The largest absolute Gasteiger partial charge is 0.416 e. The van der Waals surface area contributed by atoms with E-state index in [1.165, 1.54) is 52.9 Å². The van der Waals surface area contributed by atoms with E-state index in [9.17, 15) is 27.1 Å². The maximum Gasteiger partial charge on any atom is 0.416 e. The fraction of sp³-hybridized carbons (Fsp3) is 0.393. The fourth-order valence-corrected chi connectivity index (χ4v) is 4.06. The molecule has 0 radical (unpaired) electrons. The molecule has 0 unspecified atom stereocenters. The monoisotopic (exact) mass is 624 g/mol. The van der Waals surface area contributed by atoms with Gasteiger partial charge in [-0.2, -0.15) is 23.4 Å². The van der Waals surface area contributed by atoms with Crippen molar-refractivity contribution in [3.05, 3.63) is 96.1 Å². The number of aliphatic hydroxyl groups is 1. The van der Waals surface area contributed by atoms with Crippen molar-refractivity contribution in [1.82, 2.24) is 29.5 Å². The molecule has 0 bridgehead atoms. The number of hydrogen-bond acceptors (Lipinski definition) is 9. The third kappa shape index (κ3) is 10.5. The number of alkyl halides is 3. The van der Waals surface area contributed by atoms with Gasteiger partial charge in [0.1, 0.15) is 49.2 Å². The molecule has 0 aliphatic carbocycles. The van der Waals surface area contributed by atoms with Crippen molar-refractivity contribution >= 4 is 5.71 Å². The van der Waals surface area contributed by atoms with Gasteiger partial charge in [0.25, 0.3) is 0 Å². The van der Waals surface area contributed by atoms with Gasteiger partial charge in [0.15, 0.2) is 0 Å². The van der Waals surface area contributed by atoms with Gasteiger partial charge in [0, 0.05) is 31.9 Å². The number of benzene rings is 2. The minimum atomic E-state index is -4.34. The molecule has 2 heterocycles. The van der Waals surface area contributed by atoms with Gasteiger partial charge in [0.05, 0.1) is 24.4 Å². The van der Waals surface area contributed by atoms with Crippen LogP contribution in [0.1, 0.15) is 36.0 Å². The minimum absolute atomic E-state index is 0.0556. The van der Waals surface area contributed by atoms with E-state index >= 15 is 0 Å². The zero-order valence-electron chi connectivity index (χ0n) is 23.9. The highest BCUT2D eigenvalue weighted by molar-refractivity contribution is 6.00. The summed E-state index contributed by atoms with van der Waals surface area (Å²) in [5.41, 5.74) is 4.11. The van der Waals surface area contributed by atoms with Crippen molar-refractivity contribution in [3.8, 4) is 0 Å². The van der Waals surface area contributed by atoms with Gasteiger partial charge in [-0.25, -0.2) is 28.1 Å². The molecule has 0 saturated carbocycles. The summed E-state index contributed by atoms with van der Waals surface area (Å²) in [6, 6.07) is 7.92. The first kappa shape index (κ1) is 34.2. The summed E-state index contributed by atoms with van der Waals surface area (Å²) in [4.78, 5) is 12.6. The molecule has 0 atom stereocenters. The van der Waals surface area contributed by atoms with Crippen molar-refractivity contribution in [2.24, 2.45) is 10.9 Å². The zero-order valence-corrected chi connectivity index (χ0v) is 23.9. The third-order valence-electron chi connectivity index (χ3n) is 6.15. The van der Waals surface area contributed by atoms with Gasteiger partial charge in [0.2, 0.25) is 0 Å². The number of unbranched alkanes of at least 4 members (excludes halogenated alkanes) is 1. The summed E-state index contributed by atoms with van der Waals surface area (Å²) in [5, 5.41) is 22.8. The summed E-state index contributed by atoms with van der Waals surface area (Å²) in [7, 11) is 1.62. The second-order valence-corrected chi connectivity index (χ2v) is 9.53. The topological polar surface area (TPSA) is 138 Å².